The molecule has 172 valence electrons. The van der Waals surface area contributed by atoms with Crippen LogP contribution in [0.15, 0.2) is 36.4 Å². The third-order valence-electron chi connectivity index (χ3n) is 9.78. The lowest BCUT2D eigenvalue weighted by Crippen LogP contribution is -2.60. The van der Waals surface area contributed by atoms with Crippen molar-refractivity contribution in [3.63, 3.8) is 0 Å². The van der Waals surface area contributed by atoms with Crippen LogP contribution in [0.25, 0.3) is 0 Å². The summed E-state index contributed by atoms with van der Waals surface area (Å²) in [5.41, 5.74) is 0.803. The van der Waals surface area contributed by atoms with Crippen LogP contribution in [0, 0.1) is 28.6 Å². The smallest absolute Gasteiger partial charge is 0.255 e. The summed E-state index contributed by atoms with van der Waals surface area (Å²) in [6, 6.07) is 7.98. The van der Waals surface area contributed by atoms with Crippen LogP contribution in [0.1, 0.15) is 62.7 Å². The van der Waals surface area contributed by atoms with Crippen molar-refractivity contribution in [2.45, 2.75) is 64.5 Å². The van der Waals surface area contributed by atoms with E-state index in [-0.39, 0.29) is 28.7 Å². The first kappa shape index (κ1) is 21.5. The molecule has 4 aliphatic rings. The van der Waals surface area contributed by atoms with E-state index in [0.717, 1.165) is 25.7 Å². The maximum Gasteiger partial charge on any atom is 0.255 e. The third kappa shape index (κ3) is 3.03. The molecule has 0 spiro atoms. The molecule has 0 aromatic heterocycles. The fraction of sp³-hybridized carbons (Fsp3) is 0.630. The zero-order valence-electron chi connectivity index (χ0n) is 19.8. The molecule has 32 heavy (non-hydrogen) atoms. The zero-order valence-corrected chi connectivity index (χ0v) is 19.8. The number of benzene rings is 1. The Bertz CT molecular complexity index is 958. The van der Waals surface area contributed by atoms with Crippen molar-refractivity contribution in [3.8, 4) is 5.75 Å². The van der Waals surface area contributed by atoms with E-state index >= 15 is 0 Å². The number of para-hydroxylation sites is 1. The number of methoxy groups -OCH3 is 1. The number of fused-ring (bicyclic) bond motifs is 5. The van der Waals surface area contributed by atoms with Crippen molar-refractivity contribution >= 4 is 11.8 Å². The quantitative estimate of drug-likeness (QED) is 0.762. The average Bonchev–Trinajstić information content (AvgIpc) is 3.12. The number of likely N-dealkylation sites (N-methyl/N-ethyl adjacent to an activating group) is 1. The van der Waals surface area contributed by atoms with Gasteiger partial charge in [-0.2, -0.15) is 0 Å². The van der Waals surface area contributed by atoms with Crippen LogP contribution in [0.5, 0.6) is 5.75 Å². The second-order valence-electron chi connectivity index (χ2n) is 11.0. The number of nitrogens with zero attached hydrogens (tertiary/aromatic N) is 1. The van der Waals surface area contributed by atoms with Crippen LogP contribution < -0.4 is 10.1 Å². The number of hydrogen-bond acceptors (Lipinski definition) is 3. The molecule has 1 aliphatic heterocycles. The molecule has 7 atom stereocenters. The zero-order chi connectivity index (χ0) is 22.7. The maximum absolute atomic E-state index is 13.1. The molecule has 0 radical (unpaired) electrons. The third-order valence-corrected chi connectivity index (χ3v) is 9.78. The van der Waals surface area contributed by atoms with Crippen LogP contribution >= 0.6 is 0 Å². The van der Waals surface area contributed by atoms with Crippen molar-refractivity contribution in [2.24, 2.45) is 28.6 Å². The van der Waals surface area contributed by atoms with Crippen molar-refractivity contribution < 1.29 is 14.3 Å². The van der Waals surface area contributed by atoms with E-state index in [1.807, 2.05) is 36.2 Å². The maximum atomic E-state index is 13.1. The van der Waals surface area contributed by atoms with Crippen LogP contribution in [-0.2, 0) is 4.79 Å². The molecule has 0 unspecified atom stereocenters. The molecule has 3 fully saturated rings. The van der Waals surface area contributed by atoms with E-state index in [0.29, 0.717) is 35.1 Å². The summed E-state index contributed by atoms with van der Waals surface area (Å²) in [7, 11) is 3.59. The van der Waals surface area contributed by atoms with E-state index < -0.39 is 0 Å². The molecule has 5 nitrogen and oxygen atoms in total. The van der Waals surface area contributed by atoms with Gasteiger partial charge in [0.05, 0.1) is 12.7 Å². The van der Waals surface area contributed by atoms with Gasteiger partial charge in [-0.15, -0.1) is 0 Å². The minimum absolute atomic E-state index is 0.0255. The van der Waals surface area contributed by atoms with Gasteiger partial charge in [-0.05, 0) is 79.9 Å². The molecule has 1 aromatic carbocycles. The molecule has 1 N–H and O–H groups in total. The van der Waals surface area contributed by atoms with Gasteiger partial charge in [-0.25, -0.2) is 0 Å². The molecular weight excluding hydrogens is 400 g/mol. The summed E-state index contributed by atoms with van der Waals surface area (Å²) in [6.45, 7) is 4.79. The van der Waals surface area contributed by atoms with Crippen molar-refractivity contribution in [1.82, 2.24) is 10.2 Å². The first-order valence-electron chi connectivity index (χ1n) is 12.2. The van der Waals surface area contributed by atoms with Gasteiger partial charge in [0.1, 0.15) is 5.75 Å². The molecule has 3 aliphatic carbocycles. The Hall–Kier alpha value is -2.30. The highest BCUT2D eigenvalue weighted by molar-refractivity contribution is 5.97. The lowest BCUT2D eigenvalue weighted by atomic mass is 9.48. The van der Waals surface area contributed by atoms with Crippen molar-refractivity contribution in [1.29, 1.82) is 0 Å². The molecule has 1 aromatic rings. The Labute approximate surface area is 191 Å². The Morgan fingerprint density at radius 1 is 1.09 bits per heavy atom. The number of carbonyl (C=O) groups excluding carboxylic acids is 2. The first-order valence-corrected chi connectivity index (χ1v) is 12.2. The summed E-state index contributed by atoms with van der Waals surface area (Å²) in [5, 5.41) is 3.40. The number of amides is 2. The van der Waals surface area contributed by atoms with Gasteiger partial charge in [0.15, 0.2) is 0 Å². The fourth-order valence-electron chi connectivity index (χ4n) is 8.04. The van der Waals surface area contributed by atoms with Crippen LogP contribution in [0.3, 0.4) is 0 Å². The minimum Gasteiger partial charge on any atom is -0.496 e. The summed E-state index contributed by atoms with van der Waals surface area (Å²) in [5.74, 6) is 2.64. The molecular formula is C27H36N2O3. The molecule has 0 bridgehead atoms. The van der Waals surface area contributed by atoms with Gasteiger partial charge in [-0.3, -0.25) is 9.59 Å². The summed E-state index contributed by atoms with van der Waals surface area (Å²) in [4.78, 5) is 27.4. The highest BCUT2D eigenvalue weighted by Gasteiger charge is 2.60. The van der Waals surface area contributed by atoms with Gasteiger partial charge in [0.2, 0.25) is 5.91 Å². The summed E-state index contributed by atoms with van der Waals surface area (Å²) in [6.07, 6.45) is 10.8. The second kappa shape index (κ2) is 7.64. The average molecular weight is 437 g/mol. The van der Waals surface area contributed by atoms with Gasteiger partial charge in [0, 0.05) is 24.5 Å². The first-order chi connectivity index (χ1) is 15.3. The van der Waals surface area contributed by atoms with Crippen LogP contribution in [-0.4, -0.2) is 43.0 Å². The topological polar surface area (TPSA) is 58.6 Å². The van der Waals surface area contributed by atoms with E-state index in [1.54, 1.807) is 13.2 Å². The minimum atomic E-state index is -0.0255. The second-order valence-corrected chi connectivity index (χ2v) is 11.0. The molecule has 5 heteroatoms. The van der Waals surface area contributed by atoms with Crippen molar-refractivity contribution in [3.05, 3.63) is 42.0 Å². The highest BCUT2D eigenvalue weighted by Crippen LogP contribution is 2.63. The van der Waals surface area contributed by atoms with E-state index in [9.17, 15) is 9.59 Å². The fourth-order valence-corrected chi connectivity index (χ4v) is 8.04. The number of carbonyl (C=O) groups is 2. The normalized spacial score (nSPS) is 40.3. The molecule has 0 saturated heterocycles. The SMILES string of the molecule is COc1ccccc1C(=O)N[C@H]1CC[C@H]2[C@@H]3CC[C@H]4N(C)C(=O)C=C[C@]4(C)[C@H]3CC[C@]12C. The van der Waals surface area contributed by atoms with Gasteiger partial charge < -0.3 is 15.0 Å². The van der Waals surface area contributed by atoms with Crippen molar-refractivity contribution in [2.75, 3.05) is 14.2 Å². The Kier molecular flexibility index (Phi) is 5.14. The Morgan fingerprint density at radius 3 is 2.66 bits per heavy atom. The number of nitrogens with one attached hydrogen (secondary N) is 1. The predicted octanol–water partition coefficient (Wildman–Crippen LogP) is 4.43. The summed E-state index contributed by atoms with van der Waals surface area (Å²) >= 11 is 0. The lowest BCUT2D eigenvalue weighted by Gasteiger charge is -2.60. The molecule has 5 rings (SSSR count). The largest absolute Gasteiger partial charge is 0.496 e. The summed E-state index contributed by atoms with van der Waals surface area (Å²) < 4.78 is 5.42. The molecule has 3 saturated carbocycles. The van der Waals surface area contributed by atoms with E-state index in [2.05, 4.69) is 25.2 Å². The predicted molar refractivity (Wildman–Crippen MR) is 124 cm³/mol. The monoisotopic (exact) mass is 436 g/mol. The standard InChI is InChI=1S/C27H36N2O3/c1-26-15-13-20-17(9-12-23-27(20,2)16-14-24(30)29(23)3)19(26)10-11-22(26)28-25(31)18-7-5-6-8-21(18)32-4/h5-8,14,16-17,19-20,22-23H,9-13,15H2,1-4H3,(H,28,31)/t17-,19-,20-,22-,23+,26-,27+/m0/s1. The number of rotatable bonds is 3. The number of ether oxygens (including phenoxy) is 1. The van der Waals surface area contributed by atoms with Gasteiger partial charge in [0.25, 0.3) is 5.91 Å². The Balaban J connectivity index is 1.37. The van der Waals surface area contributed by atoms with Gasteiger partial charge >= 0.3 is 0 Å². The molecule has 2 amide bonds. The lowest BCUT2D eigenvalue weighted by molar-refractivity contribution is -0.138. The highest BCUT2D eigenvalue weighted by atomic mass is 16.5. The van der Waals surface area contributed by atoms with E-state index in [1.165, 1.54) is 12.8 Å². The van der Waals surface area contributed by atoms with Crippen LogP contribution in [0.4, 0.5) is 0 Å². The van der Waals surface area contributed by atoms with E-state index in [4.69, 9.17) is 4.74 Å². The van der Waals surface area contributed by atoms with Crippen LogP contribution in [0.2, 0.25) is 0 Å². The Morgan fingerprint density at radius 2 is 1.88 bits per heavy atom. The number of hydrogen-bond donors (Lipinski definition) is 1. The van der Waals surface area contributed by atoms with Gasteiger partial charge in [-0.1, -0.05) is 32.1 Å². The molecule has 1 heterocycles.